The topological polar surface area (TPSA) is 59.4 Å². The fourth-order valence-corrected chi connectivity index (χ4v) is 2.12. The summed E-state index contributed by atoms with van der Waals surface area (Å²) in [5.74, 6) is -0.359. The first kappa shape index (κ1) is 11.9. The van der Waals surface area contributed by atoms with E-state index in [1.165, 1.54) is 12.3 Å². The van der Waals surface area contributed by atoms with Crippen molar-refractivity contribution < 1.29 is 14.6 Å². The van der Waals surface area contributed by atoms with Crippen LogP contribution >= 0.6 is 15.9 Å². The Labute approximate surface area is 106 Å². The van der Waals surface area contributed by atoms with E-state index < -0.39 is 5.97 Å². The van der Waals surface area contributed by atoms with Gasteiger partial charge in [0.2, 0.25) is 0 Å². The minimum atomic E-state index is -0.425. The summed E-state index contributed by atoms with van der Waals surface area (Å²) in [4.78, 5) is 15.9. The monoisotopic (exact) mass is 295 g/mol. The van der Waals surface area contributed by atoms with Gasteiger partial charge in [0.15, 0.2) is 0 Å². The summed E-state index contributed by atoms with van der Waals surface area (Å²) in [5.41, 5.74) is 1.01. The van der Waals surface area contributed by atoms with Crippen molar-refractivity contribution in [2.24, 2.45) is 0 Å². The van der Waals surface area contributed by atoms with Crippen molar-refractivity contribution in [3.8, 4) is 5.75 Å². The third kappa shape index (κ3) is 2.10. The molecule has 0 unspecified atom stereocenters. The summed E-state index contributed by atoms with van der Waals surface area (Å²) in [5, 5.41) is 10.2. The molecule has 0 radical (unpaired) electrons. The molecule has 0 saturated carbocycles. The molecule has 88 valence electrons. The molecule has 2 rings (SSSR count). The van der Waals surface area contributed by atoms with Crippen molar-refractivity contribution >= 4 is 32.8 Å². The first-order chi connectivity index (χ1) is 8.15. The molecule has 0 amide bonds. The number of rotatable bonds is 2. The van der Waals surface area contributed by atoms with Gasteiger partial charge in [-0.3, -0.25) is 4.98 Å². The Bertz CT molecular complexity index is 583. The number of carbonyl (C=O) groups is 1. The maximum atomic E-state index is 11.8. The van der Waals surface area contributed by atoms with E-state index >= 15 is 0 Å². The Morgan fingerprint density at radius 3 is 2.94 bits per heavy atom. The third-order valence-electron chi connectivity index (χ3n) is 2.32. The van der Waals surface area contributed by atoms with Gasteiger partial charge in [-0.1, -0.05) is 0 Å². The third-order valence-corrected chi connectivity index (χ3v) is 3.12. The summed E-state index contributed by atoms with van der Waals surface area (Å²) < 4.78 is 5.41. The Morgan fingerprint density at radius 1 is 1.47 bits per heavy atom. The second kappa shape index (κ2) is 4.71. The van der Waals surface area contributed by atoms with Crippen LogP contribution in [0, 0.1) is 0 Å². The molecule has 1 N–H and O–H groups in total. The smallest absolute Gasteiger partial charge is 0.338 e. The van der Waals surface area contributed by atoms with Gasteiger partial charge in [-0.05, 0) is 41.1 Å². The number of hydrogen-bond donors (Lipinski definition) is 1. The maximum Gasteiger partial charge on any atom is 0.338 e. The van der Waals surface area contributed by atoms with Gasteiger partial charge in [0.1, 0.15) is 5.75 Å². The number of esters is 1. The molecule has 4 nitrogen and oxygen atoms in total. The molecule has 0 bridgehead atoms. The number of fused-ring (bicyclic) bond motifs is 1. The molecule has 1 aromatic heterocycles. The molecule has 1 aromatic carbocycles. The predicted molar refractivity (Wildman–Crippen MR) is 67.1 cm³/mol. The van der Waals surface area contributed by atoms with Crippen molar-refractivity contribution in [1.29, 1.82) is 0 Å². The molecular weight excluding hydrogens is 286 g/mol. The van der Waals surface area contributed by atoms with Gasteiger partial charge in [0, 0.05) is 11.6 Å². The highest BCUT2D eigenvalue weighted by atomic mass is 79.9. The van der Waals surface area contributed by atoms with E-state index in [4.69, 9.17) is 4.74 Å². The first-order valence-electron chi connectivity index (χ1n) is 5.08. The van der Waals surface area contributed by atoms with Crippen molar-refractivity contribution in [2.45, 2.75) is 6.92 Å². The van der Waals surface area contributed by atoms with Crippen LogP contribution in [-0.4, -0.2) is 22.7 Å². The molecule has 1 heterocycles. The molecule has 0 fully saturated rings. The summed E-state index contributed by atoms with van der Waals surface area (Å²) in [7, 11) is 0. The van der Waals surface area contributed by atoms with Crippen molar-refractivity contribution in [1.82, 2.24) is 4.98 Å². The zero-order chi connectivity index (χ0) is 12.4. The maximum absolute atomic E-state index is 11.8. The summed E-state index contributed by atoms with van der Waals surface area (Å²) in [6.07, 6.45) is 1.54. The van der Waals surface area contributed by atoms with Crippen LogP contribution in [0.15, 0.2) is 28.9 Å². The highest BCUT2D eigenvalue weighted by Gasteiger charge is 2.15. The van der Waals surface area contributed by atoms with Crippen LogP contribution in [0.5, 0.6) is 5.75 Å². The van der Waals surface area contributed by atoms with Gasteiger partial charge in [0.05, 0.1) is 22.2 Å². The number of halogens is 1. The Balaban J connectivity index is 2.71. The molecule has 0 saturated heterocycles. The molecule has 0 spiro atoms. The van der Waals surface area contributed by atoms with Crippen molar-refractivity contribution in [2.75, 3.05) is 6.61 Å². The Morgan fingerprint density at radius 2 is 2.24 bits per heavy atom. The highest BCUT2D eigenvalue weighted by Crippen LogP contribution is 2.33. The van der Waals surface area contributed by atoms with Crippen LogP contribution in [-0.2, 0) is 4.74 Å². The number of benzene rings is 1. The van der Waals surface area contributed by atoms with Gasteiger partial charge in [-0.15, -0.1) is 0 Å². The number of phenolic OH excluding ortho intramolecular Hbond substituents is 1. The van der Waals surface area contributed by atoms with Crippen LogP contribution in [0.4, 0.5) is 0 Å². The van der Waals surface area contributed by atoms with Gasteiger partial charge >= 0.3 is 5.97 Å². The molecule has 0 aliphatic carbocycles. The largest absolute Gasteiger partial charge is 0.507 e. The lowest BCUT2D eigenvalue weighted by Crippen LogP contribution is -2.06. The van der Waals surface area contributed by atoms with Gasteiger partial charge < -0.3 is 9.84 Å². The van der Waals surface area contributed by atoms with Crippen LogP contribution < -0.4 is 0 Å². The average molecular weight is 296 g/mol. The Hall–Kier alpha value is -1.62. The zero-order valence-electron chi connectivity index (χ0n) is 9.11. The lowest BCUT2D eigenvalue weighted by molar-refractivity contribution is 0.0528. The quantitative estimate of drug-likeness (QED) is 0.866. The van der Waals surface area contributed by atoms with E-state index in [0.29, 0.717) is 27.5 Å². The fourth-order valence-electron chi connectivity index (χ4n) is 1.57. The number of ether oxygens (including phenoxy) is 1. The second-order valence-electron chi connectivity index (χ2n) is 3.37. The highest BCUT2D eigenvalue weighted by molar-refractivity contribution is 9.10. The summed E-state index contributed by atoms with van der Waals surface area (Å²) in [6, 6.07) is 4.75. The molecular formula is C12H10BrNO3. The Kier molecular flexibility index (Phi) is 3.28. The van der Waals surface area contributed by atoms with Crippen LogP contribution in [0.25, 0.3) is 10.9 Å². The molecule has 17 heavy (non-hydrogen) atoms. The normalized spacial score (nSPS) is 10.5. The number of aromatic nitrogens is 1. The number of nitrogens with zero attached hydrogens (tertiary/aromatic N) is 1. The molecule has 0 aliphatic heterocycles. The van der Waals surface area contributed by atoms with Crippen molar-refractivity contribution in [3.63, 3.8) is 0 Å². The van der Waals surface area contributed by atoms with E-state index in [9.17, 15) is 9.90 Å². The van der Waals surface area contributed by atoms with Gasteiger partial charge in [0.25, 0.3) is 0 Å². The first-order valence-corrected chi connectivity index (χ1v) is 5.87. The minimum Gasteiger partial charge on any atom is -0.507 e. The lowest BCUT2D eigenvalue weighted by atomic mass is 10.1. The number of pyridine rings is 1. The minimum absolute atomic E-state index is 0.0658. The van der Waals surface area contributed by atoms with E-state index in [0.717, 1.165) is 0 Å². The average Bonchev–Trinajstić information content (AvgIpc) is 2.33. The predicted octanol–water partition coefficient (Wildman–Crippen LogP) is 2.88. The number of hydrogen-bond acceptors (Lipinski definition) is 4. The zero-order valence-corrected chi connectivity index (χ0v) is 10.7. The number of phenols is 1. The van der Waals surface area contributed by atoms with Crippen molar-refractivity contribution in [3.05, 3.63) is 34.4 Å². The van der Waals surface area contributed by atoms with E-state index in [1.807, 2.05) is 0 Å². The van der Waals surface area contributed by atoms with E-state index in [1.54, 1.807) is 19.1 Å². The summed E-state index contributed by atoms with van der Waals surface area (Å²) >= 11 is 3.25. The molecule has 2 aromatic rings. The lowest BCUT2D eigenvalue weighted by Gasteiger charge is -2.08. The fraction of sp³-hybridized carbons (Fsp3) is 0.167. The molecule has 0 atom stereocenters. The summed E-state index contributed by atoms with van der Waals surface area (Å²) in [6.45, 7) is 2.05. The standard InChI is InChI=1S/C12H10BrNO3/c1-2-17-12(16)7-5-6-14-8-3-4-9(15)11(13)10(7)8/h3-6,15H,2H2,1H3. The van der Waals surface area contributed by atoms with Gasteiger partial charge in [-0.2, -0.15) is 0 Å². The van der Waals surface area contributed by atoms with Gasteiger partial charge in [-0.25, -0.2) is 4.79 Å². The second-order valence-corrected chi connectivity index (χ2v) is 4.16. The molecule has 5 heteroatoms. The number of aromatic hydroxyl groups is 1. The van der Waals surface area contributed by atoms with E-state index in [2.05, 4.69) is 20.9 Å². The van der Waals surface area contributed by atoms with Crippen LogP contribution in [0.3, 0.4) is 0 Å². The number of carbonyl (C=O) groups excluding carboxylic acids is 1. The van der Waals surface area contributed by atoms with Crippen LogP contribution in [0.2, 0.25) is 0 Å². The SMILES string of the molecule is CCOC(=O)c1ccnc2ccc(O)c(Br)c12. The van der Waals surface area contributed by atoms with Crippen LogP contribution in [0.1, 0.15) is 17.3 Å². The molecule has 0 aliphatic rings. The van der Waals surface area contributed by atoms with E-state index in [-0.39, 0.29) is 5.75 Å².